The zero-order valence-electron chi connectivity index (χ0n) is 4.30. The quantitative estimate of drug-likeness (QED) is 0.289. The molecule has 0 aromatic rings. The number of aliphatic carboxylic acids is 1. The molecule has 0 amide bonds. The first-order valence-electron chi connectivity index (χ1n) is 1.70. The van der Waals surface area contributed by atoms with Crippen LogP contribution in [0.2, 0.25) is 0 Å². The van der Waals surface area contributed by atoms with Gasteiger partial charge >= 0.3 is 14.6 Å². The molecule has 0 spiro atoms. The van der Waals surface area contributed by atoms with Crippen molar-refractivity contribution in [2.75, 3.05) is 6.61 Å². The first-order chi connectivity index (χ1) is 4.00. The molecule has 9 heavy (non-hydrogen) atoms. The molecule has 0 rings (SSSR count). The van der Waals surface area contributed by atoms with Gasteiger partial charge in [0.1, 0.15) is 6.61 Å². The van der Waals surface area contributed by atoms with Crippen molar-refractivity contribution in [3.8, 4) is 0 Å². The van der Waals surface area contributed by atoms with Crippen LogP contribution in [0.15, 0.2) is 0 Å². The standard InChI is InChI=1S/C2H4O3.H3O3P/c3-1-2(4)5;1-4(2)3/h3H,1H2,(H,4,5);1-3H. The van der Waals surface area contributed by atoms with Gasteiger partial charge in [-0.05, 0) is 0 Å². The minimum absolute atomic E-state index is 0.778. The van der Waals surface area contributed by atoms with Crippen LogP contribution in [0.25, 0.3) is 0 Å². The number of aliphatic hydroxyl groups is 1. The molecule has 0 aliphatic carbocycles. The fraction of sp³-hybridized carbons (Fsp3) is 0.500. The van der Waals surface area contributed by atoms with E-state index < -0.39 is 21.2 Å². The Kier molecular flexibility index (Phi) is 9.91. The average Bonchev–Trinajstić information content (AvgIpc) is 1.65. The number of rotatable bonds is 1. The van der Waals surface area contributed by atoms with Crippen molar-refractivity contribution in [2.24, 2.45) is 0 Å². The van der Waals surface area contributed by atoms with Gasteiger partial charge < -0.3 is 24.9 Å². The van der Waals surface area contributed by atoms with E-state index >= 15 is 0 Å². The summed E-state index contributed by atoms with van der Waals surface area (Å²) in [6.07, 6.45) is 0. The van der Waals surface area contributed by atoms with Crippen LogP contribution in [-0.2, 0) is 4.79 Å². The molecule has 0 aromatic carbocycles. The third kappa shape index (κ3) is 84.2. The molecule has 0 aliphatic heterocycles. The largest absolute Gasteiger partial charge is 0.480 e. The van der Waals surface area contributed by atoms with Gasteiger partial charge in [-0.25, -0.2) is 4.79 Å². The molecule has 0 radical (unpaired) electrons. The second-order valence-corrected chi connectivity index (χ2v) is 1.36. The summed E-state index contributed by atoms with van der Waals surface area (Å²) in [6.45, 7) is -0.778. The second kappa shape index (κ2) is 7.74. The predicted molar refractivity (Wildman–Crippen MR) is 28.3 cm³/mol. The highest BCUT2D eigenvalue weighted by molar-refractivity contribution is 7.38. The lowest BCUT2D eigenvalue weighted by Gasteiger charge is -1.76. The van der Waals surface area contributed by atoms with Crippen molar-refractivity contribution in [1.29, 1.82) is 0 Å². The maximum Gasteiger partial charge on any atom is 0.329 e. The summed E-state index contributed by atoms with van der Waals surface area (Å²) in [5.41, 5.74) is 0. The van der Waals surface area contributed by atoms with E-state index in [0.717, 1.165) is 0 Å². The maximum absolute atomic E-state index is 9.12. The summed E-state index contributed by atoms with van der Waals surface area (Å²) in [6, 6.07) is 0. The molecule has 0 saturated heterocycles. The predicted octanol–water partition coefficient (Wildman–Crippen LogP) is -1.75. The lowest BCUT2D eigenvalue weighted by molar-refractivity contribution is -0.140. The van der Waals surface area contributed by atoms with Crippen LogP contribution < -0.4 is 0 Å². The van der Waals surface area contributed by atoms with E-state index in [-0.39, 0.29) is 0 Å². The molecule has 0 heterocycles. The molecule has 0 atom stereocenters. The summed E-state index contributed by atoms with van der Waals surface area (Å²) in [5.74, 6) is -1.19. The SMILES string of the molecule is O=C(O)CO.OP(O)O. The minimum Gasteiger partial charge on any atom is -0.480 e. The number of aliphatic hydroxyl groups excluding tert-OH is 1. The molecule has 6 nitrogen and oxygen atoms in total. The van der Waals surface area contributed by atoms with Gasteiger partial charge in [0.15, 0.2) is 0 Å². The highest BCUT2D eigenvalue weighted by Crippen LogP contribution is 2.11. The Morgan fingerprint density at radius 3 is 1.44 bits per heavy atom. The lowest BCUT2D eigenvalue weighted by Crippen LogP contribution is -1.98. The first-order valence-corrected chi connectivity index (χ1v) is 2.90. The van der Waals surface area contributed by atoms with Crippen LogP contribution in [0.1, 0.15) is 0 Å². The van der Waals surface area contributed by atoms with Gasteiger partial charge in [-0.15, -0.1) is 0 Å². The number of carbonyl (C=O) groups is 1. The Bertz CT molecular complexity index is 68.7. The van der Waals surface area contributed by atoms with Gasteiger partial charge in [-0.1, -0.05) is 0 Å². The van der Waals surface area contributed by atoms with Gasteiger partial charge in [0.2, 0.25) is 0 Å². The number of hydrogen-bond acceptors (Lipinski definition) is 5. The molecule has 0 bridgehead atoms. The number of hydrogen-bond donors (Lipinski definition) is 5. The molecule has 0 saturated carbocycles. The summed E-state index contributed by atoms with van der Waals surface area (Å²) in [5, 5.41) is 15.0. The van der Waals surface area contributed by atoms with E-state index in [2.05, 4.69) is 0 Å². The van der Waals surface area contributed by atoms with Crippen LogP contribution in [0.4, 0.5) is 0 Å². The second-order valence-electron chi connectivity index (χ2n) is 0.820. The zero-order valence-corrected chi connectivity index (χ0v) is 5.19. The van der Waals surface area contributed by atoms with Crippen LogP contribution in [0, 0.1) is 0 Å². The van der Waals surface area contributed by atoms with Crippen molar-refractivity contribution in [2.45, 2.75) is 0 Å². The molecule has 0 aromatic heterocycles. The topological polar surface area (TPSA) is 118 Å². The smallest absolute Gasteiger partial charge is 0.329 e. The Labute approximate surface area is 52.0 Å². The van der Waals surface area contributed by atoms with E-state index in [1.165, 1.54) is 0 Å². The molecular formula is C2H7O6P. The first kappa shape index (κ1) is 11.5. The molecule has 0 fully saturated rings. The number of carboxylic acids is 1. The normalized spacial score (nSPS) is 8.11. The summed E-state index contributed by atoms with van der Waals surface area (Å²) < 4.78 is 0. The van der Waals surface area contributed by atoms with Gasteiger partial charge in [0.25, 0.3) is 0 Å². The maximum atomic E-state index is 9.12. The van der Waals surface area contributed by atoms with E-state index in [4.69, 9.17) is 29.7 Å². The van der Waals surface area contributed by atoms with Crippen LogP contribution in [0.5, 0.6) is 0 Å². The molecule has 0 aliphatic rings. The third-order valence-electron chi connectivity index (χ3n) is 0.135. The summed E-state index contributed by atoms with van der Waals surface area (Å²) in [4.78, 5) is 30.8. The zero-order chi connectivity index (χ0) is 7.86. The highest BCUT2D eigenvalue weighted by atomic mass is 31.2. The van der Waals surface area contributed by atoms with Crippen LogP contribution >= 0.6 is 8.60 Å². The van der Waals surface area contributed by atoms with Gasteiger partial charge in [-0.3, -0.25) is 0 Å². The fourth-order valence-electron chi connectivity index (χ4n) is 0. The third-order valence-corrected chi connectivity index (χ3v) is 0.135. The lowest BCUT2D eigenvalue weighted by atomic mass is 10.8. The summed E-state index contributed by atoms with van der Waals surface area (Å²) >= 11 is 0. The Morgan fingerprint density at radius 2 is 1.44 bits per heavy atom. The van der Waals surface area contributed by atoms with Gasteiger partial charge in [0.05, 0.1) is 0 Å². The number of carboxylic acid groups (broad SMARTS) is 1. The van der Waals surface area contributed by atoms with E-state index in [1.807, 2.05) is 0 Å². The highest BCUT2D eigenvalue weighted by Gasteiger charge is 1.82. The van der Waals surface area contributed by atoms with E-state index in [1.54, 1.807) is 0 Å². The van der Waals surface area contributed by atoms with Gasteiger partial charge in [-0.2, -0.15) is 0 Å². The monoisotopic (exact) mass is 158 g/mol. The van der Waals surface area contributed by atoms with E-state index in [0.29, 0.717) is 0 Å². The van der Waals surface area contributed by atoms with Crippen LogP contribution in [0.3, 0.4) is 0 Å². The molecule has 0 unspecified atom stereocenters. The molecular weight excluding hydrogens is 151 g/mol. The average molecular weight is 158 g/mol. The van der Waals surface area contributed by atoms with Crippen molar-refractivity contribution >= 4 is 14.6 Å². The van der Waals surface area contributed by atoms with Crippen molar-refractivity contribution in [3.05, 3.63) is 0 Å². The van der Waals surface area contributed by atoms with E-state index in [9.17, 15) is 0 Å². The van der Waals surface area contributed by atoms with Crippen LogP contribution in [-0.4, -0.2) is 37.5 Å². The minimum atomic E-state index is -2.62. The Morgan fingerprint density at radius 1 is 1.33 bits per heavy atom. The Balaban J connectivity index is 0. The molecule has 7 heteroatoms. The molecule has 5 N–H and O–H groups in total. The molecule has 56 valence electrons. The Hall–Kier alpha value is -0.260. The van der Waals surface area contributed by atoms with Crippen molar-refractivity contribution in [3.63, 3.8) is 0 Å². The van der Waals surface area contributed by atoms with Crippen molar-refractivity contribution < 1.29 is 29.7 Å². The van der Waals surface area contributed by atoms with Gasteiger partial charge in [0, 0.05) is 0 Å². The fourth-order valence-corrected chi connectivity index (χ4v) is 0. The van der Waals surface area contributed by atoms with Crippen molar-refractivity contribution in [1.82, 2.24) is 0 Å². The summed E-state index contributed by atoms with van der Waals surface area (Å²) in [7, 11) is -2.62.